The second kappa shape index (κ2) is 6.84. The molecule has 0 aromatic heterocycles. The lowest BCUT2D eigenvalue weighted by Gasteiger charge is -2.30. The van der Waals surface area contributed by atoms with Crippen LogP contribution in [0, 0.1) is 0 Å². The van der Waals surface area contributed by atoms with Crippen LogP contribution < -0.4 is 10.6 Å². The number of nitrogens with zero attached hydrogens (tertiary/aromatic N) is 2. The molecule has 0 radical (unpaired) electrons. The Morgan fingerprint density at radius 1 is 1.48 bits per heavy atom. The van der Waals surface area contributed by atoms with Crippen molar-refractivity contribution in [3.63, 3.8) is 0 Å². The third-order valence-electron chi connectivity index (χ3n) is 3.71. The fraction of sp³-hybridized carbons (Fsp3) is 0.800. The van der Waals surface area contributed by atoms with Crippen LogP contribution in [0.25, 0.3) is 0 Å². The van der Waals surface area contributed by atoms with Gasteiger partial charge in [0.15, 0.2) is 5.54 Å². The standard InChI is InChI=1S/C15H26N4O4/c1-14(2,3)23-13(21)17-12-18-15(6-5-7-16-10-15)11(20)19(12)8-9-22-4/h16H,5-10H2,1-4H3,(H,17,18,21). The Morgan fingerprint density at radius 3 is 2.78 bits per heavy atom. The SMILES string of the molecule is COCCN1C(=O)C2(CCCNC2)N=C1NC(=O)OC(C)(C)C. The minimum atomic E-state index is -0.823. The molecule has 2 rings (SSSR count). The van der Waals surface area contributed by atoms with Gasteiger partial charge in [-0.15, -0.1) is 0 Å². The lowest BCUT2D eigenvalue weighted by molar-refractivity contribution is -0.132. The van der Waals surface area contributed by atoms with E-state index in [9.17, 15) is 9.59 Å². The van der Waals surface area contributed by atoms with Gasteiger partial charge >= 0.3 is 6.09 Å². The van der Waals surface area contributed by atoms with E-state index in [0.717, 1.165) is 13.0 Å². The van der Waals surface area contributed by atoms with Gasteiger partial charge in [-0.3, -0.25) is 15.0 Å². The van der Waals surface area contributed by atoms with Crippen molar-refractivity contribution in [2.45, 2.75) is 44.8 Å². The fourth-order valence-corrected chi connectivity index (χ4v) is 2.71. The molecule has 2 amide bonds. The van der Waals surface area contributed by atoms with Crippen LogP contribution in [0.1, 0.15) is 33.6 Å². The maximum absolute atomic E-state index is 12.8. The summed E-state index contributed by atoms with van der Waals surface area (Å²) in [6.45, 7) is 7.40. The molecule has 2 aliphatic heterocycles. The molecular formula is C15H26N4O4. The number of ether oxygens (including phenoxy) is 2. The maximum Gasteiger partial charge on any atom is 0.414 e. The van der Waals surface area contributed by atoms with Crippen LogP contribution >= 0.6 is 0 Å². The summed E-state index contributed by atoms with van der Waals surface area (Å²) in [5.74, 6) is 0.137. The number of nitrogens with one attached hydrogen (secondary N) is 2. The molecule has 1 fully saturated rings. The highest BCUT2D eigenvalue weighted by Gasteiger charge is 2.49. The van der Waals surface area contributed by atoms with Gasteiger partial charge in [-0.05, 0) is 40.2 Å². The molecule has 2 N–H and O–H groups in total. The zero-order valence-corrected chi connectivity index (χ0v) is 14.3. The van der Waals surface area contributed by atoms with Gasteiger partial charge in [0.2, 0.25) is 5.96 Å². The molecule has 0 aliphatic carbocycles. The number of carbonyl (C=O) groups is 2. The quantitative estimate of drug-likeness (QED) is 0.787. The number of alkyl carbamates (subject to hydrolysis) is 1. The largest absolute Gasteiger partial charge is 0.444 e. The molecule has 8 nitrogen and oxygen atoms in total. The number of piperidine rings is 1. The van der Waals surface area contributed by atoms with Gasteiger partial charge in [0.05, 0.1) is 13.2 Å². The fourth-order valence-electron chi connectivity index (χ4n) is 2.71. The van der Waals surface area contributed by atoms with Crippen LogP contribution in [0.3, 0.4) is 0 Å². The van der Waals surface area contributed by atoms with Crippen molar-refractivity contribution in [3.05, 3.63) is 0 Å². The molecule has 1 saturated heterocycles. The summed E-state index contributed by atoms with van der Waals surface area (Å²) in [5.41, 5.74) is -1.44. The van der Waals surface area contributed by atoms with Crippen molar-refractivity contribution in [2.24, 2.45) is 4.99 Å². The van der Waals surface area contributed by atoms with E-state index >= 15 is 0 Å². The highest BCUT2D eigenvalue weighted by Crippen LogP contribution is 2.29. The Hall–Kier alpha value is -1.67. The average molecular weight is 326 g/mol. The minimum Gasteiger partial charge on any atom is -0.444 e. The average Bonchev–Trinajstić information content (AvgIpc) is 2.68. The van der Waals surface area contributed by atoms with Gasteiger partial charge in [0.1, 0.15) is 5.60 Å². The summed E-state index contributed by atoms with van der Waals surface area (Å²) < 4.78 is 10.3. The maximum atomic E-state index is 12.8. The van der Waals surface area contributed by atoms with Crippen LogP contribution in [-0.2, 0) is 14.3 Å². The minimum absolute atomic E-state index is 0.104. The molecule has 0 bridgehead atoms. The van der Waals surface area contributed by atoms with Crippen molar-refractivity contribution in [3.8, 4) is 0 Å². The number of rotatable bonds is 3. The molecule has 130 valence electrons. The molecule has 2 aliphatic rings. The zero-order chi connectivity index (χ0) is 17.1. The van der Waals surface area contributed by atoms with Gasteiger partial charge in [-0.2, -0.15) is 0 Å². The number of methoxy groups -OCH3 is 1. The number of hydrogen-bond acceptors (Lipinski definition) is 6. The van der Waals surface area contributed by atoms with E-state index < -0.39 is 17.2 Å². The van der Waals surface area contributed by atoms with Crippen LogP contribution in [0.5, 0.6) is 0 Å². The van der Waals surface area contributed by atoms with Crippen LogP contribution in [-0.4, -0.2) is 67.4 Å². The molecule has 0 aromatic rings. The number of aliphatic imine (C=N–C) groups is 1. The van der Waals surface area contributed by atoms with Gasteiger partial charge in [0, 0.05) is 13.7 Å². The Kier molecular flexibility index (Phi) is 5.26. The first-order valence-corrected chi connectivity index (χ1v) is 7.89. The van der Waals surface area contributed by atoms with Crippen LogP contribution in [0.4, 0.5) is 4.79 Å². The van der Waals surface area contributed by atoms with E-state index in [1.165, 1.54) is 4.90 Å². The van der Waals surface area contributed by atoms with E-state index in [1.807, 2.05) is 0 Å². The van der Waals surface area contributed by atoms with E-state index in [4.69, 9.17) is 9.47 Å². The lowest BCUT2D eigenvalue weighted by Crippen LogP contribution is -2.53. The van der Waals surface area contributed by atoms with Gasteiger partial charge in [-0.1, -0.05) is 0 Å². The summed E-state index contributed by atoms with van der Waals surface area (Å²) >= 11 is 0. The summed E-state index contributed by atoms with van der Waals surface area (Å²) in [5, 5.41) is 5.81. The Labute approximate surface area is 136 Å². The molecular weight excluding hydrogens is 300 g/mol. The highest BCUT2D eigenvalue weighted by molar-refractivity contribution is 6.11. The van der Waals surface area contributed by atoms with Crippen molar-refractivity contribution >= 4 is 18.0 Å². The highest BCUT2D eigenvalue weighted by atomic mass is 16.6. The van der Waals surface area contributed by atoms with Crippen LogP contribution in [0.2, 0.25) is 0 Å². The zero-order valence-electron chi connectivity index (χ0n) is 14.3. The first-order chi connectivity index (χ1) is 10.8. The molecule has 1 unspecified atom stereocenters. The molecule has 8 heteroatoms. The molecule has 0 saturated carbocycles. The second-order valence-corrected chi connectivity index (χ2v) is 6.82. The molecule has 1 atom stereocenters. The molecule has 2 heterocycles. The molecule has 1 spiro atoms. The second-order valence-electron chi connectivity index (χ2n) is 6.82. The van der Waals surface area contributed by atoms with Crippen molar-refractivity contribution in [1.82, 2.24) is 15.5 Å². The van der Waals surface area contributed by atoms with Crippen LogP contribution in [0.15, 0.2) is 4.99 Å². The van der Waals surface area contributed by atoms with E-state index in [-0.39, 0.29) is 11.9 Å². The van der Waals surface area contributed by atoms with E-state index in [1.54, 1.807) is 27.9 Å². The van der Waals surface area contributed by atoms with Gasteiger partial charge < -0.3 is 14.8 Å². The number of carbonyl (C=O) groups excluding carboxylic acids is 2. The van der Waals surface area contributed by atoms with E-state index in [0.29, 0.717) is 26.1 Å². The lowest BCUT2D eigenvalue weighted by atomic mass is 9.90. The van der Waals surface area contributed by atoms with Crippen molar-refractivity contribution in [2.75, 3.05) is 33.4 Å². The Morgan fingerprint density at radius 2 is 2.22 bits per heavy atom. The first kappa shape index (κ1) is 17.7. The normalized spacial score (nSPS) is 24.8. The third-order valence-corrected chi connectivity index (χ3v) is 3.71. The first-order valence-electron chi connectivity index (χ1n) is 7.89. The number of amides is 2. The number of guanidine groups is 1. The molecule has 0 aromatic carbocycles. The Balaban J connectivity index is 2.15. The summed E-state index contributed by atoms with van der Waals surface area (Å²) in [4.78, 5) is 30.8. The van der Waals surface area contributed by atoms with Crippen molar-refractivity contribution in [1.29, 1.82) is 0 Å². The third kappa shape index (κ3) is 4.20. The predicted molar refractivity (Wildman–Crippen MR) is 85.2 cm³/mol. The number of hydrogen-bond donors (Lipinski definition) is 2. The smallest absolute Gasteiger partial charge is 0.414 e. The van der Waals surface area contributed by atoms with E-state index in [2.05, 4.69) is 15.6 Å². The predicted octanol–water partition coefficient (Wildman–Crippen LogP) is 0.478. The van der Waals surface area contributed by atoms with Gasteiger partial charge in [0.25, 0.3) is 5.91 Å². The topological polar surface area (TPSA) is 92.3 Å². The monoisotopic (exact) mass is 326 g/mol. The van der Waals surface area contributed by atoms with Crippen molar-refractivity contribution < 1.29 is 19.1 Å². The summed E-state index contributed by atoms with van der Waals surface area (Å²) in [6.07, 6.45) is 0.918. The molecule has 23 heavy (non-hydrogen) atoms. The Bertz CT molecular complexity index is 492. The summed E-state index contributed by atoms with van der Waals surface area (Å²) in [6, 6.07) is 0. The summed E-state index contributed by atoms with van der Waals surface area (Å²) in [7, 11) is 1.57. The van der Waals surface area contributed by atoms with Gasteiger partial charge in [-0.25, -0.2) is 9.79 Å².